The standard InChI is InChI=1S/C12H21N3O3/c1-7(14-11(18)12(2,3)4)9(16)15-8-5-6-13-10(8)17/h7-8H,5-6H2,1-4H3,(H,13,17)(H,14,18)(H,15,16)/t7-,8-/m0/s1. The van der Waals surface area contributed by atoms with Crippen LogP contribution in [0.5, 0.6) is 0 Å². The van der Waals surface area contributed by atoms with E-state index in [1.807, 2.05) is 0 Å². The van der Waals surface area contributed by atoms with Gasteiger partial charge in [0.2, 0.25) is 17.7 Å². The molecule has 0 saturated carbocycles. The van der Waals surface area contributed by atoms with E-state index in [0.717, 1.165) is 0 Å². The molecule has 0 spiro atoms. The van der Waals surface area contributed by atoms with E-state index in [0.29, 0.717) is 13.0 Å². The first kappa shape index (κ1) is 14.5. The Bertz CT molecular complexity index is 360. The van der Waals surface area contributed by atoms with Crippen molar-refractivity contribution in [1.29, 1.82) is 0 Å². The number of amides is 3. The highest BCUT2D eigenvalue weighted by Gasteiger charge is 2.29. The minimum absolute atomic E-state index is 0.169. The minimum Gasteiger partial charge on any atom is -0.354 e. The van der Waals surface area contributed by atoms with E-state index in [2.05, 4.69) is 16.0 Å². The topological polar surface area (TPSA) is 87.3 Å². The van der Waals surface area contributed by atoms with Gasteiger partial charge in [0.25, 0.3) is 0 Å². The number of carbonyl (C=O) groups excluding carboxylic acids is 3. The highest BCUT2D eigenvalue weighted by Crippen LogP contribution is 2.12. The molecular formula is C12H21N3O3. The predicted molar refractivity (Wildman–Crippen MR) is 66.6 cm³/mol. The van der Waals surface area contributed by atoms with Crippen LogP contribution in [0.1, 0.15) is 34.1 Å². The van der Waals surface area contributed by atoms with Crippen molar-refractivity contribution in [2.45, 2.75) is 46.2 Å². The third kappa shape index (κ3) is 3.72. The minimum atomic E-state index is -0.648. The number of hydrogen-bond donors (Lipinski definition) is 3. The first-order valence-electron chi connectivity index (χ1n) is 6.11. The van der Waals surface area contributed by atoms with E-state index in [1.54, 1.807) is 27.7 Å². The van der Waals surface area contributed by atoms with Gasteiger partial charge in [-0.3, -0.25) is 14.4 Å². The second-order valence-electron chi connectivity index (χ2n) is 5.59. The molecule has 1 aliphatic heterocycles. The highest BCUT2D eigenvalue weighted by atomic mass is 16.2. The molecule has 6 heteroatoms. The average molecular weight is 255 g/mol. The molecule has 1 heterocycles. The molecule has 0 aliphatic carbocycles. The van der Waals surface area contributed by atoms with Crippen molar-refractivity contribution in [2.75, 3.05) is 6.54 Å². The Morgan fingerprint density at radius 1 is 1.39 bits per heavy atom. The smallest absolute Gasteiger partial charge is 0.242 e. The lowest BCUT2D eigenvalue weighted by molar-refractivity contribution is -0.134. The molecule has 3 amide bonds. The summed E-state index contributed by atoms with van der Waals surface area (Å²) in [6.07, 6.45) is 0.588. The van der Waals surface area contributed by atoms with E-state index in [4.69, 9.17) is 0 Å². The molecule has 0 aromatic carbocycles. The summed E-state index contributed by atoms with van der Waals surface area (Å²) < 4.78 is 0. The number of rotatable bonds is 3. The third-order valence-corrected chi connectivity index (χ3v) is 2.79. The predicted octanol–water partition coefficient (Wildman–Crippen LogP) is -0.458. The lowest BCUT2D eigenvalue weighted by Gasteiger charge is -2.22. The monoisotopic (exact) mass is 255 g/mol. The van der Waals surface area contributed by atoms with Crippen molar-refractivity contribution in [3.8, 4) is 0 Å². The Labute approximate surface area is 107 Å². The summed E-state index contributed by atoms with van der Waals surface area (Å²) in [6, 6.07) is -1.13. The average Bonchev–Trinajstić information content (AvgIpc) is 2.62. The number of nitrogens with one attached hydrogen (secondary N) is 3. The van der Waals surface area contributed by atoms with Gasteiger partial charge in [0.15, 0.2) is 0 Å². The van der Waals surface area contributed by atoms with Gasteiger partial charge in [0, 0.05) is 12.0 Å². The summed E-state index contributed by atoms with van der Waals surface area (Å²) in [6.45, 7) is 7.50. The van der Waals surface area contributed by atoms with Gasteiger partial charge in [0.05, 0.1) is 0 Å². The van der Waals surface area contributed by atoms with E-state index in [-0.39, 0.29) is 17.7 Å². The molecule has 1 rings (SSSR count). The van der Waals surface area contributed by atoms with Crippen LogP contribution in [-0.4, -0.2) is 36.3 Å². The fourth-order valence-electron chi connectivity index (χ4n) is 1.51. The van der Waals surface area contributed by atoms with Crippen LogP contribution in [-0.2, 0) is 14.4 Å². The van der Waals surface area contributed by atoms with Gasteiger partial charge in [-0.25, -0.2) is 0 Å². The summed E-state index contributed by atoms with van der Waals surface area (Å²) in [5.41, 5.74) is -0.542. The van der Waals surface area contributed by atoms with E-state index in [9.17, 15) is 14.4 Å². The molecule has 2 atom stereocenters. The van der Waals surface area contributed by atoms with Gasteiger partial charge in [-0.2, -0.15) is 0 Å². The Balaban J connectivity index is 2.47. The van der Waals surface area contributed by atoms with Gasteiger partial charge in [0.1, 0.15) is 12.1 Å². The van der Waals surface area contributed by atoms with Gasteiger partial charge >= 0.3 is 0 Å². The van der Waals surface area contributed by atoms with Crippen molar-refractivity contribution in [2.24, 2.45) is 5.41 Å². The van der Waals surface area contributed by atoms with Gasteiger partial charge < -0.3 is 16.0 Å². The zero-order valence-electron chi connectivity index (χ0n) is 11.3. The largest absolute Gasteiger partial charge is 0.354 e. The lowest BCUT2D eigenvalue weighted by Crippen LogP contribution is -2.51. The quantitative estimate of drug-likeness (QED) is 0.638. The first-order valence-corrected chi connectivity index (χ1v) is 6.11. The Morgan fingerprint density at radius 2 is 2.00 bits per heavy atom. The molecule has 1 aliphatic rings. The summed E-state index contributed by atoms with van der Waals surface area (Å²) in [7, 11) is 0. The second-order valence-corrected chi connectivity index (χ2v) is 5.59. The van der Waals surface area contributed by atoms with Crippen LogP contribution >= 0.6 is 0 Å². The molecule has 0 unspecified atom stereocenters. The fourth-order valence-corrected chi connectivity index (χ4v) is 1.51. The molecule has 102 valence electrons. The molecule has 6 nitrogen and oxygen atoms in total. The van der Waals surface area contributed by atoms with Gasteiger partial charge in [-0.1, -0.05) is 20.8 Å². The Hall–Kier alpha value is -1.59. The van der Waals surface area contributed by atoms with Crippen LogP contribution in [0, 0.1) is 5.41 Å². The summed E-state index contributed by atoms with van der Waals surface area (Å²) in [5.74, 6) is -0.701. The summed E-state index contributed by atoms with van der Waals surface area (Å²) >= 11 is 0. The maximum Gasteiger partial charge on any atom is 0.242 e. The molecular weight excluding hydrogens is 234 g/mol. The lowest BCUT2D eigenvalue weighted by atomic mass is 9.95. The Kier molecular flexibility index (Phi) is 4.32. The molecule has 18 heavy (non-hydrogen) atoms. The molecule has 1 saturated heterocycles. The van der Waals surface area contributed by atoms with Crippen LogP contribution < -0.4 is 16.0 Å². The summed E-state index contributed by atoms with van der Waals surface area (Å²) in [4.78, 5) is 34.8. The maximum atomic E-state index is 11.8. The van der Waals surface area contributed by atoms with Crippen molar-refractivity contribution in [3.05, 3.63) is 0 Å². The third-order valence-electron chi connectivity index (χ3n) is 2.79. The van der Waals surface area contributed by atoms with Crippen LogP contribution in [0.15, 0.2) is 0 Å². The molecule has 0 bridgehead atoms. The zero-order valence-corrected chi connectivity index (χ0v) is 11.3. The molecule has 0 aromatic heterocycles. The fraction of sp³-hybridized carbons (Fsp3) is 0.750. The molecule has 0 aromatic rings. The van der Waals surface area contributed by atoms with E-state index >= 15 is 0 Å². The van der Waals surface area contributed by atoms with Crippen LogP contribution in [0.25, 0.3) is 0 Å². The second kappa shape index (κ2) is 5.37. The van der Waals surface area contributed by atoms with Crippen molar-refractivity contribution in [1.82, 2.24) is 16.0 Å². The zero-order chi connectivity index (χ0) is 13.9. The van der Waals surface area contributed by atoms with Crippen LogP contribution in [0.4, 0.5) is 0 Å². The molecule has 3 N–H and O–H groups in total. The highest BCUT2D eigenvalue weighted by molar-refractivity contribution is 5.93. The van der Waals surface area contributed by atoms with E-state index < -0.39 is 17.5 Å². The summed E-state index contributed by atoms with van der Waals surface area (Å²) in [5, 5.41) is 7.88. The van der Waals surface area contributed by atoms with Crippen molar-refractivity contribution < 1.29 is 14.4 Å². The normalized spacial score (nSPS) is 21.1. The van der Waals surface area contributed by atoms with Crippen LogP contribution in [0.3, 0.4) is 0 Å². The van der Waals surface area contributed by atoms with Gasteiger partial charge in [-0.05, 0) is 13.3 Å². The van der Waals surface area contributed by atoms with E-state index in [1.165, 1.54) is 0 Å². The number of hydrogen-bond acceptors (Lipinski definition) is 3. The first-order chi connectivity index (χ1) is 8.21. The Morgan fingerprint density at radius 3 is 2.44 bits per heavy atom. The van der Waals surface area contributed by atoms with Crippen LogP contribution in [0.2, 0.25) is 0 Å². The van der Waals surface area contributed by atoms with Gasteiger partial charge in [-0.15, -0.1) is 0 Å². The molecule has 1 fully saturated rings. The SMILES string of the molecule is C[C@H](NC(=O)C(C)(C)C)C(=O)N[C@H]1CCNC1=O. The van der Waals surface area contributed by atoms with Crippen molar-refractivity contribution in [3.63, 3.8) is 0 Å². The maximum absolute atomic E-state index is 11.8. The molecule has 0 radical (unpaired) electrons. The number of carbonyl (C=O) groups is 3. The van der Waals surface area contributed by atoms with Crippen molar-refractivity contribution >= 4 is 17.7 Å².